The lowest BCUT2D eigenvalue weighted by Gasteiger charge is -2.44. The van der Waals surface area contributed by atoms with Crippen LogP contribution in [0, 0.1) is 23.7 Å². The predicted octanol–water partition coefficient (Wildman–Crippen LogP) is 6.96. The van der Waals surface area contributed by atoms with Gasteiger partial charge < -0.3 is 47.8 Å². The maximum absolute atomic E-state index is 15.2. The van der Waals surface area contributed by atoms with Crippen molar-refractivity contribution < 1.29 is 47.5 Å². The highest BCUT2D eigenvalue weighted by Gasteiger charge is 2.57. The molecule has 1 aromatic heterocycles. The first-order chi connectivity index (χ1) is 29.4. The number of Topliss-reactive ketones (excluding diaryl/α,β-unsaturated/α-hetero) is 1. The van der Waals surface area contributed by atoms with Gasteiger partial charge in [-0.3, -0.25) is 9.59 Å². The molecule has 336 valence electrons. The number of benzene rings is 1. The number of H-pyrrole nitrogens is 1. The number of likely N-dealkylation sites (N-methyl/N-ethyl adjacent to an activating group) is 1. The maximum atomic E-state index is 15.2. The van der Waals surface area contributed by atoms with Crippen LogP contribution in [0.2, 0.25) is 0 Å². The summed E-state index contributed by atoms with van der Waals surface area (Å²) in [6.45, 7) is 8.16. The van der Waals surface area contributed by atoms with E-state index in [1.54, 1.807) is 21.3 Å². The molecular formula is C48H69N3O10. The zero-order chi connectivity index (χ0) is 43.1. The minimum Gasteiger partial charge on any atom is -0.462 e. The molecule has 0 amide bonds. The number of cyclic esters (lactones) is 1. The van der Waals surface area contributed by atoms with Gasteiger partial charge in [0.1, 0.15) is 30.2 Å². The number of aromatic amines is 1. The number of carbonyl (C=O) groups excluding carboxylic acids is 2. The molecule has 6 aliphatic rings. The molecule has 1 N–H and O–H groups in total. The third-order valence-electron chi connectivity index (χ3n) is 15.1. The molecule has 0 spiro atoms. The molecule has 13 nitrogen and oxygen atoms in total. The lowest BCUT2D eigenvalue weighted by Crippen LogP contribution is -2.59. The highest BCUT2D eigenvalue weighted by Crippen LogP contribution is 2.61. The van der Waals surface area contributed by atoms with Crippen LogP contribution in [-0.4, -0.2) is 129 Å². The first-order valence-electron chi connectivity index (χ1n) is 22.9. The Balaban J connectivity index is 1.13. The summed E-state index contributed by atoms with van der Waals surface area (Å²) in [4.78, 5) is 40.6. The number of hydrogen-bond donors (Lipinski definition) is 1. The summed E-state index contributed by atoms with van der Waals surface area (Å²) < 4.78 is 50.5. The number of rotatable bonds is 10. The molecule has 13 heteroatoms. The molecule has 4 fully saturated rings. The number of carbonyl (C=O) groups is 2. The summed E-state index contributed by atoms with van der Waals surface area (Å²) in [5.41, 5.74) is 3.68. The van der Waals surface area contributed by atoms with Gasteiger partial charge >= 0.3 is 5.97 Å². The molecule has 0 bridgehead atoms. The number of ether oxygens (including phenoxy) is 8. The molecule has 4 unspecified atom stereocenters. The van der Waals surface area contributed by atoms with Crippen molar-refractivity contribution in [1.29, 1.82) is 0 Å². The molecule has 3 aliphatic carbocycles. The smallest absolute Gasteiger partial charge is 0.306 e. The van der Waals surface area contributed by atoms with E-state index in [-0.39, 0.29) is 90.9 Å². The van der Waals surface area contributed by atoms with E-state index >= 15 is 4.79 Å². The minimum atomic E-state index is -0.666. The Morgan fingerprint density at radius 2 is 1.61 bits per heavy atom. The standard InChI is InChI=1S/C48H69N3O10/c1-10-29-17-14-18-37(61-39-20-19-36(51(5)6)26(3)57-39)25(2)43(53)35-23-32-31-21-30(60-48-46(56-9)45(55-8)44(54-7)27(4)58-48)22-34(31)41-42(40(32)33(35)24-38(52)59-29)50-47(49-41)28-15-12-11-13-16-28/h11-13,15-16,23,25-27,29-34,36-37,39-40,44-46,48H,10,14,17-22,24H2,1-9H3,(H,49,50)/t25-,26?,27?,29+,30+,31+,32+,33-,34-,36+,37+,39+,40-,44+,45?,46?,48+/m1/s1. The van der Waals surface area contributed by atoms with Gasteiger partial charge in [-0.25, -0.2) is 4.98 Å². The number of methoxy groups -OCH3 is 3. The summed E-state index contributed by atoms with van der Waals surface area (Å²) in [5.74, 6) is -0.340. The number of allylic oxidation sites excluding steroid dienone is 2. The van der Waals surface area contributed by atoms with Crippen molar-refractivity contribution in [3.63, 3.8) is 0 Å². The molecule has 1 saturated carbocycles. The second-order valence-electron chi connectivity index (χ2n) is 18.8. The van der Waals surface area contributed by atoms with E-state index in [1.807, 2.05) is 32.0 Å². The number of ketones is 1. The first kappa shape index (κ1) is 44.6. The van der Waals surface area contributed by atoms with Crippen molar-refractivity contribution in [2.24, 2.45) is 23.7 Å². The maximum Gasteiger partial charge on any atom is 0.306 e. The van der Waals surface area contributed by atoms with Gasteiger partial charge in [0.2, 0.25) is 0 Å². The Hall–Kier alpha value is -3.01. The third kappa shape index (κ3) is 8.79. The Kier molecular flexibility index (Phi) is 13.9. The number of hydrogen-bond acceptors (Lipinski definition) is 12. The third-order valence-corrected chi connectivity index (χ3v) is 15.1. The van der Waals surface area contributed by atoms with E-state index in [0.717, 1.165) is 61.3 Å². The quantitative estimate of drug-likeness (QED) is 0.248. The molecule has 4 heterocycles. The van der Waals surface area contributed by atoms with Crippen LogP contribution in [0.3, 0.4) is 0 Å². The van der Waals surface area contributed by atoms with Gasteiger partial charge in [0.05, 0.1) is 36.5 Å². The number of nitrogens with one attached hydrogen (secondary N) is 1. The molecule has 3 aliphatic heterocycles. The van der Waals surface area contributed by atoms with E-state index in [9.17, 15) is 4.79 Å². The summed E-state index contributed by atoms with van der Waals surface area (Å²) >= 11 is 0. The van der Waals surface area contributed by atoms with E-state index in [2.05, 4.69) is 56.0 Å². The lowest BCUT2D eigenvalue weighted by molar-refractivity contribution is -0.314. The molecule has 1 aromatic carbocycles. The number of aromatic nitrogens is 2. The van der Waals surface area contributed by atoms with Crippen molar-refractivity contribution in [3.05, 3.63) is 53.4 Å². The Morgan fingerprint density at radius 3 is 2.30 bits per heavy atom. The largest absolute Gasteiger partial charge is 0.462 e. The Morgan fingerprint density at radius 1 is 0.852 bits per heavy atom. The van der Waals surface area contributed by atoms with Gasteiger partial charge in [0.15, 0.2) is 18.4 Å². The predicted molar refractivity (Wildman–Crippen MR) is 228 cm³/mol. The van der Waals surface area contributed by atoms with Crippen molar-refractivity contribution in [2.75, 3.05) is 35.4 Å². The summed E-state index contributed by atoms with van der Waals surface area (Å²) in [5, 5.41) is 0. The second-order valence-corrected chi connectivity index (χ2v) is 18.8. The fourth-order valence-corrected chi connectivity index (χ4v) is 11.9. The average molecular weight is 848 g/mol. The van der Waals surface area contributed by atoms with Crippen LogP contribution in [-0.2, 0) is 47.5 Å². The van der Waals surface area contributed by atoms with Crippen LogP contribution in [0.15, 0.2) is 42.0 Å². The van der Waals surface area contributed by atoms with Crippen LogP contribution in [0.4, 0.5) is 0 Å². The summed E-state index contributed by atoms with van der Waals surface area (Å²) in [6.07, 6.45) is 5.16. The number of imidazole rings is 1. The highest BCUT2D eigenvalue weighted by molar-refractivity contribution is 5.99. The topological polar surface area (TPSA) is 140 Å². The van der Waals surface area contributed by atoms with Crippen molar-refractivity contribution in [1.82, 2.24) is 14.9 Å². The molecular weight excluding hydrogens is 779 g/mol. The van der Waals surface area contributed by atoms with E-state index in [4.69, 9.17) is 42.9 Å². The second kappa shape index (κ2) is 19.0. The number of nitrogens with zero attached hydrogens (tertiary/aromatic N) is 2. The fourth-order valence-electron chi connectivity index (χ4n) is 11.9. The lowest BCUT2D eigenvalue weighted by atomic mass is 9.67. The van der Waals surface area contributed by atoms with Gasteiger partial charge in [0, 0.05) is 62.3 Å². The van der Waals surface area contributed by atoms with Crippen molar-refractivity contribution in [2.45, 2.75) is 165 Å². The number of esters is 1. The first-order valence-corrected chi connectivity index (χ1v) is 22.9. The zero-order valence-electron chi connectivity index (χ0n) is 37.6. The van der Waals surface area contributed by atoms with E-state index in [0.29, 0.717) is 24.5 Å². The van der Waals surface area contributed by atoms with Gasteiger partial charge in [-0.1, -0.05) is 50.3 Å². The van der Waals surface area contributed by atoms with E-state index in [1.165, 1.54) is 0 Å². The monoisotopic (exact) mass is 847 g/mol. The Labute approximate surface area is 361 Å². The molecule has 3 saturated heterocycles. The SMILES string of the molecule is CC[C@H]1CCC[C@H](O[C@H]2CC[C@H](N(C)C)C(C)O2)[C@@H](C)C(=O)C2=C[C@H]3[C@@H]4C[C@H](O[C@@H]5OC(C)[C@H](OC)C(OC)C5OC)C[C@H]4c4[nH]c(-c5ccccc5)nc4[C@H]3[C@@H]2CC(=O)O1. The van der Waals surface area contributed by atoms with Crippen LogP contribution < -0.4 is 0 Å². The number of fused-ring (bicyclic) bond motifs is 8. The van der Waals surface area contributed by atoms with Gasteiger partial charge in [-0.15, -0.1) is 0 Å². The summed E-state index contributed by atoms with van der Waals surface area (Å²) in [6, 6.07) is 10.5. The van der Waals surface area contributed by atoms with Crippen molar-refractivity contribution >= 4 is 11.8 Å². The Bertz CT molecular complexity index is 1850. The van der Waals surface area contributed by atoms with Gasteiger partial charge in [-0.05, 0) is 96.7 Å². The molecule has 8 rings (SSSR count). The fraction of sp³-hybridized carbons (Fsp3) is 0.729. The molecule has 0 radical (unpaired) electrons. The zero-order valence-corrected chi connectivity index (χ0v) is 37.6. The van der Waals surface area contributed by atoms with Crippen LogP contribution in [0.5, 0.6) is 0 Å². The van der Waals surface area contributed by atoms with Gasteiger partial charge in [0.25, 0.3) is 0 Å². The molecule has 61 heavy (non-hydrogen) atoms. The van der Waals surface area contributed by atoms with Crippen LogP contribution >= 0.6 is 0 Å². The van der Waals surface area contributed by atoms with Crippen molar-refractivity contribution in [3.8, 4) is 11.4 Å². The van der Waals surface area contributed by atoms with Crippen LogP contribution in [0.1, 0.15) is 109 Å². The molecule has 2 aromatic rings. The molecule has 17 atom stereocenters. The minimum absolute atomic E-state index is 0.00746. The van der Waals surface area contributed by atoms with Crippen LogP contribution in [0.25, 0.3) is 11.4 Å². The van der Waals surface area contributed by atoms with E-state index < -0.39 is 24.2 Å². The normalized spacial score (nSPS) is 40.6. The highest BCUT2D eigenvalue weighted by atomic mass is 16.7. The summed E-state index contributed by atoms with van der Waals surface area (Å²) in [7, 11) is 9.15. The average Bonchev–Trinajstić information content (AvgIpc) is 3.98. The van der Waals surface area contributed by atoms with Gasteiger partial charge in [-0.2, -0.15) is 0 Å².